The van der Waals surface area contributed by atoms with Gasteiger partial charge in [0.15, 0.2) is 5.01 Å². The van der Waals surface area contributed by atoms with E-state index in [0.717, 1.165) is 10.8 Å². The molecule has 1 heterocycles. The van der Waals surface area contributed by atoms with Crippen molar-refractivity contribution in [3.05, 3.63) is 34.8 Å². The fourth-order valence-electron chi connectivity index (χ4n) is 2.97. The lowest BCUT2D eigenvalue weighted by molar-refractivity contribution is -0.117. The van der Waals surface area contributed by atoms with Gasteiger partial charge in [0.05, 0.1) is 0 Å². The fourth-order valence-corrected chi connectivity index (χ4v) is 3.63. The number of anilines is 1. The smallest absolute Gasteiger partial charge is 0.226 e. The van der Waals surface area contributed by atoms with E-state index in [2.05, 4.69) is 15.5 Å². The molecule has 0 bridgehead atoms. The largest absolute Gasteiger partial charge is 0.486 e. The summed E-state index contributed by atoms with van der Waals surface area (Å²) in [5, 5.41) is 12.3. The van der Waals surface area contributed by atoms with Gasteiger partial charge in [0.1, 0.15) is 12.4 Å². The summed E-state index contributed by atoms with van der Waals surface area (Å²) in [4.78, 5) is 12.1. The molecule has 5 nitrogen and oxygen atoms in total. The molecule has 1 aliphatic carbocycles. The lowest BCUT2D eigenvalue weighted by atomic mass is 9.87. The Labute approximate surface area is 146 Å². The summed E-state index contributed by atoms with van der Waals surface area (Å²) in [5.74, 6) is 1.37. The number of rotatable bonds is 6. The Kier molecular flexibility index (Phi) is 5.80. The first kappa shape index (κ1) is 16.9. The van der Waals surface area contributed by atoms with Gasteiger partial charge in [-0.15, -0.1) is 10.2 Å². The summed E-state index contributed by atoms with van der Waals surface area (Å²) in [5.41, 5.74) is 1.20. The maximum absolute atomic E-state index is 12.1. The molecule has 3 rings (SSSR count). The predicted molar refractivity (Wildman–Crippen MR) is 95.2 cm³/mol. The van der Waals surface area contributed by atoms with Crippen LogP contribution in [0, 0.1) is 12.8 Å². The molecule has 1 amide bonds. The Bertz CT molecular complexity index is 663. The van der Waals surface area contributed by atoms with Crippen LogP contribution in [0.25, 0.3) is 0 Å². The van der Waals surface area contributed by atoms with Crippen molar-refractivity contribution in [3.63, 3.8) is 0 Å². The molecule has 0 radical (unpaired) electrons. The Morgan fingerprint density at radius 1 is 1.21 bits per heavy atom. The summed E-state index contributed by atoms with van der Waals surface area (Å²) < 4.78 is 5.68. The van der Waals surface area contributed by atoms with E-state index in [0.29, 0.717) is 24.1 Å². The first-order valence-electron chi connectivity index (χ1n) is 8.51. The van der Waals surface area contributed by atoms with Crippen LogP contribution in [-0.2, 0) is 11.4 Å². The molecule has 1 aromatic carbocycles. The number of ether oxygens (including phenoxy) is 1. The highest BCUT2D eigenvalue weighted by Gasteiger charge is 2.18. The molecule has 1 fully saturated rings. The molecule has 1 saturated carbocycles. The number of nitrogens with zero attached hydrogens (tertiary/aromatic N) is 2. The van der Waals surface area contributed by atoms with Crippen molar-refractivity contribution in [3.8, 4) is 5.75 Å². The van der Waals surface area contributed by atoms with Crippen LogP contribution in [0.15, 0.2) is 24.3 Å². The minimum Gasteiger partial charge on any atom is -0.486 e. The SMILES string of the molecule is Cc1ccc(OCc2nnc(NC(=O)CC3CCCCC3)s2)cc1. The van der Waals surface area contributed by atoms with Gasteiger partial charge in [-0.05, 0) is 37.8 Å². The molecule has 2 aromatic rings. The summed E-state index contributed by atoms with van der Waals surface area (Å²) in [6.07, 6.45) is 6.72. The van der Waals surface area contributed by atoms with Crippen LogP contribution >= 0.6 is 11.3 Å². The monoisotopic (exact) mass is 345 g/mol. The van der Waals surface area contributed by atoms with Crippen LogP contribution in [-0.4, -0.2) is 16.1 Å². The standard InChI is InChI=1S/C18H23N3O2S/c1-13-7-9-15(10-8-13)23-12-17-20-21-18(24-17)19-16(22)11-14-5-3-2-4-6-14/h7-10,14H,2-6,11-12H2,1H3,(H,19,21,22). The van der Waals surface area contributed by atoms with E-state index in [4.69, 9.17) is 4.74 Å². The van der Waals surface area contributed by atoms with Crippen LogP contribution in [0.1, 0.15) is 49.1 Å². The summed E-state index contributed by atoms with van der Waals surface area (Å²) in [6.45, 7) is 2.40. The molecular weight excluding hydrogens is 322 g/mol. The average molecular weight is 345 g/mol. The number of benzene rings is 1. The van der Waals surface area contributed by atoms with Gasteiger partial charge in [0.25, 0.3) is 0 Å². The number of hydrogen-bond acceptors (Lipinski definition) is 5. The molecule has 0 atom stereocenters. The third-order valence-electron chi connectivity index (χ3n) is 4.30. The maximum atomic E-state index is 12.1. The molecule has 1 N–H and O–H groups in total. The summed E-state index contributed by atoms with van der Waals surface area (Å²) in [7, 11) is 0. The minimum atomic E-state index is 0.0454. The number of amides is 1. The Hall–Kier alpha value is -1.95. The van der Waals surface area contributed by atoms with Crippen LogP contribution in [0.5, 0.6) is 5.75 Å². The normalized spacial score (nSPS) is 15.2. The minimum absolute atomic E-state index is 0.0454. The van der Waals surface area contributed by atoms with E-state index >= 15 is 0 Å². The highest BCUT2D eigenvalue weighted by Crippen LogP contribution is 2.27. The Morgan fingerprint density at radius 2 is 1.96 bits per heavy atom. The Balaban J connectivity index is 1.46. The molecule has 0 unspecified atom stereocenters. The molecule has 1 aliphatic rings. The van der Waals surface area contributed by atoms with Crippen molar-refractivity contribution >= 4 is 22.4 Å². The van der Waals surface area contributed by atoms with E-state index in [-0.39, 0.29) is 5.91 Å². The molecule has 128 valence electrons. The third kappa shape index (κ3) is 5.03. The van der Waals surface area contributed by atoms with Crippen molar-refractivity contribution in [2.75, 3.05) is 5.32 Å². The van der Waals surface area contributed by atoms with Gasteiger partial charge in [0.2, 0.25) is 11.0 Å². The number of hydrogen-bond donors (Lipinski definition) is 1. The highest BCUT2D eigenvalue weighted by atomic mass is 32.1. The average Bonchev–Trinajstić information content (AvgIpc) is 3.02. The molecule has 6 heteroatoms. The quantitative estimate of drug-likeness (QED) is 0.846. The number of nitrogens with one attached hydrogen (secondary N) is 1. The number of aryl methyl sites for hydroxylation is 1. The van der Waals surface area contributed by atoms with Crippen molar-refractivity contribution in [2.24, 2.45) is 5.92 Å². The highest BCUT2D eigenvalue weighted by molar-refractivity contribution is 7.15. The predicted octanol–water partition coefficient (Wildman–Crippen LogP) is 4.33. The zero-order valence-electron chi connectivity index (χ0n) is 14.0. The van der Waals surface area contributed by atoms with Crippen molar-refractivity contribution < 1.29 is 9.53 Å². The molecule has 24 heavy (non-hydrogen) atoms. The molecule has 0 saturated heterocycles. The fraction of sp³-hybridized carbons (Fsp3) is 0.500. The Morgan fingerprint density at radius 3 is 2.71 bits per heavy atom. The van der Waals surface area contributed by atoms with Crippen LogP contribution in [0.4, 0.5) is 5.13 Å². The van der Waals surface area contributed by atoms with Gasteiger partial charge in [0, 0.05) is 6.42 Å². The molecule has 0 aliphatic heterocycles. The summed E-state index contributed by atoms with van der Waals surface area (Å²) >= 11 is 1.37. The van der Waals surface area contributed by atoms with Crippen molar-refractivity contribution in [1.29, 1.82) is 0 Å². The number of carbonyl (C=O) groups is 1. The second kappa shape index (κ2) is 8.24. The maximum Gasteiger partial charge on any atom is 0.226 e. The van der Waals surface area contributed by atoms with Gasteiger partial charge < -0.3 is 10.1 Å². The van der Waals surface area contributed by atoms with Gasteiger partial charge in [-0.1, -0.05) is 48.3 Å². The van der Waals surface area contributed by atoms with Crippen molar-refractivity contribution in [1.82, 2.24) is 10.2 Å². The summed E-state index contributed by atoms with van der Waals surface area (Å²) in [6, 6.07) is 7.88. The van der Waals surface area contributed by atoms with Crippen molar-refractivity contribution in [2.45, 2.75) is 52.1 Å². The van der Waals surface area contributed by atoms with Gasteiger partial charge in [-0.25, -0.2) is 0 Å². The van der Waals surface area contributed by atoms with E-state index in [1.54, 1.807) is 0 Å². The first-order valence-corrected chi connectivity index (χ1v) is 9.32. The molecule has 1 aromatic heterocycles. The van der Waals surface area contributed by atoms with E-state index < -0.39 is 0 Å². The zero-order chi connectivity index (χ0) is 16.8. The van der Waals surface area contributed by atoms with Crippen LogP contribution < -0.4 is 10.1 Å². The second-order valence-electron chi connectivity index (χ2n) is 6.36. The van der Waals surface area contributed by atoms with Crippen LogP contribution in [0.3, 0.4) is 0 Å². The number of aromatic nitrogens is 2. The zero-order valence-corrected chi connectivity index (χ0v) is 14.8. The van der Waals surface area contributed by atoms with E-state index in [1.165, 1.54) is 49.0 Å². The lowest BCUT2D eigenvalue weighted by Gasteiger charge is -2.20. The topological polar surface area (TPSA) is 64.1 Å². The number of carbonyl (C=O) groups excluding carboxylic acids is 1. The van der Waals surface area contributed by atoms with E-state index in [9.17, 15) is 4.79 Å². The third-order valence-corrected chi connectivity index (χ3v) is 5.11. The molecule has 0 spiro atoms. The lowest BCUT2D eigenvalue weighted by Crippen LogP contribution is -2.18. The van der Waals surface area contributed by atoms with E-state index in [1.807, 2.05) is 31.2 Å². The van der Waals surface area contributed by atoms with Gasteiger partial charge in [-0.2, -0.15) is 0 Å². The first-order chi connectivity index (χ1) is 11.7. The van der Waals surface area contributed by atoms with Gasteiger partial charge in [-0.3, -0.25) is 4.79 Å². The molecular formula is C18H23N3O2S. The van der Waals surface area contributed by atoms with Crippen LogP contribution in [0.2, 0.25) is 0 Å². The second-order valence-corrected chi connectivity index (χ2v) is 7.42. The van der Waals surface area contributed by atoms with Gasteiger partial charge >= 0.3 is 0 Å².